The highest BCUT2D eigenvalue weighted by molar-refractivity contribution is 5.78. The molecule has 2 heteroatoms. The fraction of sp³-hybridized carbons (Fsp3) is 0.273. The Hall–Kier alpha value is -1.31. The minimum Gasteiger partial charge on any atom is -0.347 e. The van der Waals surface area contributed by atoms with Crippen molar-refractivity contribution >= 4 is 10.9 Å². The summed E-state index contributed by atoms with van der Waals surface area (Å²) in [6, 6.07) is 4.16. The Bertz CT molecular complexity index is 401. The molecule has 0 spiro atoms. The summed E-state index contributed by atoms with van der Waals surface area (Å²) in [4.78, 5) is 4.09. The molecule has 0 aliphatic carbocycles. The lowest BCUT2D eigenvalue weighted by atomic mass is 10.2. The summed E-state index contributed by atoms with van der Waals surface area (Å²) in [5.74, 6) is 1.41. The highest BCUT2D eigenvalue weighted by Crippen LogP contribution is 2.15. The summed E-state index contributed by atoms with van der Waals surface area (Å²) in [5, 5.41) is 1.21. The van der Waals surface area contributed by atoms with Crippen molar-refractivity contribution in [2.24, 2.45) is 0 Å². The van der Waals surface area contributed by atoms with Crippen LogP contribution in [0.4, 0.5) is 0 Å². The molecule has 0 N–H and O–H groups in total. The first kappa shape index (κ1) is 8.30. The van der Waals surface area contributed by atoms with Gasteiger partial charge in [0.1, 0.15) is 0 Å². The van der Waals surface area contributed by atoms with E-state index in [1.807, 2.05) is 12.4 Å². The molecule has 1 radical (unpaired) electrons. The first-order valence-electron chi connectivity index (χ1n) is 4.45. The number of nitrogens with zero attached hydrogens (tertiary/aromatic N) is 2. The summed E-state index contributed by atoms with van der Waals surface area (Å²) < 4.78 is 2.24. The van der Waals surface area contributed by atoms with Crippen LogP contribution in [0.25, 0.3) is 10.9 Å². The highest BCUT2D eigenvalue weighted by Gasteiger charge is 2.01. The monoisotopic (exact) mass is 173 g/mol. The van der Waals surface area contributed by atoms with Crippen LogP contribution in [0, 0.1) is 5.92 Å². The molecular weight excluding hydrogens is 160 g/mol. The van der Waals surface area contributed by atoms with Crippen LogP contribution in [0.1, 0.15) is 13.8 Å². The van der Waals surface area contributed by atoms with Gasteiger partial charge in [-0.25, -0.2) is 0 Å². The van der Waals surface area contributed by atoms with E-state index in [2.05, 4.69) is 41.7 Å². The number of pyridine rings is 1. The van der Waals surface area contributed by atoms with E-state index in [0.29, 0.717) is 0 Å². The van der Waals surface area contributed by atoms with Gasteiger partial charge in [0.05, 0.1) is 5.52 Å². The number of aromatic nitrogens is 2. The van der Waals surface area contributed by atoms with E-state index in [1.54, 1.807) is 0 Å². The first-order chi connectivity index (χ1) is 6.27. The molecule has 2 heterocycles. The molecule has 0 saturated heterocycles. The minimum absolute atomic E-state index is 0.994. The maximum atomic E-state index is 4.09. The van der Waals surface area contributed by atoms with Crippen LogP contribution in [0.3, 0.4) is 0 Å². The third-order valence-corrected chi connectivity index (χ3v) is 2.06. The Balaban J connectivity index is 2.46. The molecule has 67 valence electrons. The van der Waals surface area contributed by atoms with Crippen LogP contribution in [0.2, 0.25) is 0 Å². The molecule has 0 aliphatic rings. The Morgan fingerprint density at radius 3 is 3.00 bits per heavy atom. The molecule has 0 atom stereocenters. The van der Waals surface area contributed by atoms with Gasteiger partial charge in [-0.15, -0.1) is 0 Å². The second-order valence-corrected chi connectivity index (χ2v) is 3.59. The zero-order valence-corrected chi connectivity index (χ0v) is 7.99. The van der Waals surface area contributed by atoms with Gasteiger partial charge < -0.3 is 4.57 Å². The number of fused-ring (bicyclic) bond motifs is 1. The quantitative estimate of drug-likeness (QED) is 0.682. The van der Waals surface area contributed by atoms with E-state index < -0.39 is 0 Å². The summed E-state index contributed by atoms with van der Waals surface area (Å²) in [7, 11) is 0. The predicted octanol–water partition coefficient (Wildman–Crippen LogP) is 2.65. The lowest BCUT2D eigenvalue weighted by Crippen LogP contribution is -2.00. The van der Waals surface area contributed by atoms with E-state index in [0.717, 1.165) is 6.54 Å². The standard InChI is InChI=1S/C11H13N2/c1-9(2)8-13-6-4-10-7-12-5-3-11(10)13/h3-7H,8H2,1-2H3. The molecule has 0 aromatic carbocycles. The number of hydrogen-bond donors (Lipinski definition) is 0. The van der Waals surface area contributed by atoms with E-state index in [4.69, 9.17) is 0 Å². The van der Waals surface area contributed by atoms with Gasteiger partial charge in [-0.3, -0.25) is 4.98 Å². The largest absolute Gasteiger partial charge is 0.347 e. The van der Waals surface area contributed by atoms with Crippen LogP contribution in [0.5, 0.6) is 0 Å². The van der Waals surface area contributed by atoms with Crippen LogP contribution in [0.15, 0.2) is 30.7 Å². The predicted molar refractivity (Wildman–Crippen MR) is 54.3 cm³/mol. The van der Waals surface area contributed by atoms with E-state index in [-0.39, 0.29) is 0 Å². The Labute approximate surface area is 78.2 Å². The van der Waals surface area contributed by atoms with Gasteiger partial charge in [0.15, 0.2) is 0 Å². The SMILES string of the molecule is C[C](C)Cn1ccc2cnccc21. The van der Waals surface area contributed by atoms with Gasteiger partial charge in [0.2, 0.25) is 0 Å². The number of rotatable bonds is 2. The van der Waals surface area contributed by atoms with Crippen molar-refractivity contribution in [1.82, 2.24) is 9.55 Å². The summed E-state index contributed by atoms with van der Waals surface area (Å²) in [6.07, 6.45) is 5.85. The Morgan fingerprint density at radius 1 is 1.38 bits per heavy atom. The Kier molecular flexibility index (Phi) is 2.05. The highest BCUT2D eigenvalue weighted by atomic mass is 15.0. The average molecular weight is 173 g/mol. The van der Waals surface area contributed by atoms with Gasteiger partial charge in [0.25, 0.3) is 0 Å². The molecule has 2 nitrogen and oxygen atoms in total. The van der Waals surface area contributed by atoms with Crippen molar-refractivity contribution in [3.63, 3.8) is 0 Å². The van der Waals surface area contributed by atoms with Crippen molar-refractivity contribution in [3.8, 4) is 0 Å². The van der Waals surface area contributed by atoms with Gasteiger partial charge in [-0.05, 0) is 18.1 Å². The lowest BCUT2D eigenvalue weighted by Gasteiger charge is -2.06. The molecule has 2 rings (SSSR count). The van der Waals surface area contributed by atoms with Crippen LogP contribution in [-0.2, 0) is 6.54 Å². The van der Waals surface area contributed by atoms with Gasteiger partial charge in [-0.2, -0.15) is 0 Å². The molecule has 2 aromatic rings. The van der Waals surface area contributed by atoms with Crippen molar-refractivity contribution in [2.45, 2.75) is 20.4 Å². The molecular formula is C11H13N2. The third kappa shape index (κ3) is 1.57. The maximum absolute atomic E-state index is 4.09. The van der Waals surface area contributed by atoms with Crippen LogP contribution >= 0.6 is 0 Å². The van der Waals surface area contributed by atoms with Gasteiger partial charge in [0, 0.05) is 30.5 Å². The average Bonchev–Trinajstić information content (AvgIpc) is 2.48. The van der Waals surface area contributed by atoms with Crippen molar-refractivity contribution in [1.29, 1.82) is 0 Å². The second kappa shape index (κ2) is 3.21. The van der Waals surface area contributed by atoms with Crippen molar-refractivity contribution in [3.05, 3.63) is 36.6 Å². The normalized spacial score (nSPS) is 11.3. The second-order valence-electron chi connectivity index (χ2n) is 3.59. The van der Waals surface area contributed by atoms with Crippen molar-refractivity contribution < 1.29 is 0 Å². The summed E-state index contributed by atoms with van der Waals surface area (Å²) in [5.41, 5.74) is 1.26. The van der Waals surface area contributed by atoms with Crippen LogP contribution in [-0.4, -0.2) is 9.55 Å². The number of hydrogen-bond acceptors (Lipinski definition) is 1. The zero-order valence-electron chi connectivity index (χ0n) is 7.99. The van der Waals surface area contributed by atoms with E-state index in [1.165, 1.54) is 16.8 Å². The fourth-order valence-electron chi connectivity index (χ4n) is 1.52. The maximum Gasteiger partial charge on any atom is 0.0511 e. The molecule has 0 bridgehead atoms. The smallest absolute Gasteiger partial charge is 0.0511 e. The Morgan fingerprint density at radius 2 is 2.23 bits per heavy atom. The molecule has 0 aliphatic heterocycles. The zero-order chi connectivity index (χ0) is 9.26. The van der Waals surface area contributed by atoms with E-state index in [9.17, 15) is 0 Å². The molecule has 2 aromatic heterocycles. The minimum atomic E-state index is 0.994. The molecule has 0 unspecified atom stereocenters. The van der Waals surface area contributed by atoms with Crippen molar-refractivity contribution in [2.75, 3.05) is 0 Å². The summed E-state index contributed by atoms with van der Waals surface area (Å²) in [6.45, 7) is 5.29. The van der Waals surface area contributed by atoms with Crippen LogP contribution < -0.4 is 0 Å². The van der Waals surface area contributed by atoms with Gasteiger partial charge >= 0.3 is 0 Å². The molecule has 13 heavy (non-hydrogen) atoms. The van der Waals surface area contributed by atoms with Gasteiger partial charge in [-0.1, -0.05) is 13.8 Å². The third-order valence-electron chi connectivity index (χ3n) is 2.06. The fourth-order valence-corrected chi connectivity index (χ4v) is 1.52. The lowest BCUT2D eigenvalue weighted by molar-refractivity contribution is 0.738. The molecule has 0 saturated carbocycles. The topological polar surface area (TPSA) is 17.8 Å². The first-order valence-corrected chi connectivity index (χ1v) is 4.45. The molecule has 0 amide bonds. The molecule has 0 fully saturated rings. The van der Waals surface area contributed by atoms with E-state index >= 15 is 0 Å². The summed E-state index contributed by atoms with van der Waals surface area (Å²) >= 11 is 0.